The fourth-order valence-corrected chi connectivity index (χ4v) is 3.01. The number of unbranched alkanes of at least 4 members (excludes halogenated alkanes) is 3. The van der Waals surface area contributed by atoms with Gasteiger partial charge in [0.15, 0.2) is 11.6 Å². The SMILES string of the molecule is CCCCCCc1oc(-c2ccccc2)c(F)c1-c1ccccc1. The third kappa shape index (κ3) is 3.59. The van der Waals surface area contributed by atoms with E-state index in [1.54, 1.807) is 0 Å². The van der Waals surface area contributed by atoms with E-state index in [9.17, 15) is 0 Å². The van der Waals surface area contributed by atoms with Crippen molar-refractivity contribution in [2.24, 2.45) is 0 Å². The van der Waals surface area contributed by atoms with Gasteiger partial charge >= 0.3 is 0 Å². The molecule has 2 aromatic carbocycles. The van der Waals surface area contributed by atoms with Crippen molar-refractivity contribution in [1.29, 1.82) is 0 Å². The highest BCUT2D eigenvalue weighted by Gasteiger charge is 2.22. The highest BCUT2D eigenvalue weighted by molar-refractivity contribution is 5.73. The number of aryl methyl sites for hydroxylation is 1. The standard InChI is InChI=1S/C22H23FO/c1-2-3-4-11-16-19-20(17-12-7-5-8-13-17)21(23)22(24-19)18-14-9-6-10-15-18/h5-10,12-15H,2-4,11,16H2,1H3. The largest absolute Gasteiger partial charge is 0.457 e. The summed E-state index contributed by atoms with van der Waals surface area (Å²) in [6.45, 7) is 2.19. The topological polar surface area (TPSA) is 13.1 Å². The lowest BCUT2D eigenvalue weighted by Gasteiger charge is -2.03. The van der Waals surface area contributed by atoms with Gasteiger partial charge in [-0.2, -0.15) is 0 Å². The third-order valence-electron chi connectivity index (χ3n) is 4.28. The van der Waals surface area contributed by atoms with Crippen molar-refractivity contribution >= 4 is 0 Å². The van der Waals surface area contributed by atoms with E-state index in [-0.39, 0.29) is 5.82 Å². The molecule has 0 atom stereocenters. The van der Waals surface area contributed by atoms with Crippen molar-refractivity contribution in [3.63, 3.8) is 0 Å². The van der Waals surface area contributed by atoms with Gasteiger partial charge in [-0.05, 0) is 12.0 Å². The zero-order chi connectivity index (χ0) is 16.8. The Labute approximate surface area is 143 Å². The normalized spacial score (nSPS) is 10.9. The minimum Gasteiger partial charge on any atom is -0.457 e. The molecular formula is C22H23FO. The third-order valence-corrected chi connectivity index (χ3v) is 4.28. The van der Waals surface area contributed by atoms with Crippen LogP contribution in [0.15, 0.2) is 65.1 Å². The summed E-state index contributed by atoms with van der Waals surface area (Å²) in [5.74, 6) is 0.853. The van der Waals surface area contributed by atoms with Gasteiger partial charge in [0, 0.05) is 12.0 Å². The van der Waals surface area contributed by atoms with Crippen molar-refractivity contribution in [3.05, 3.63) is 72.2 Å². The Bertz CT molecular complexity index is 759. The fraction of sp³-hybridized carbons (Fsp3) is 0.273. The van der Waals surface area contributed by atoms with Crippen LogP contribution in [0.5, 0.6) is 0 Å². The summed E-state index contributed by atoms with van der Waals surface area (Å²) in [6, 6.07) is 19.2. The van der Waals surface area contributed by atoms with Crippen LogP contribution in [-0.4, -0.2) is 0 Å². The molecule has 24 heavy (non-hydrogen) atoms. The predicted molar refractivity (Wildman–Crippen MR) is 97.4 cm³/mol. The van der Waals surface area contributed by atoms with Gasteiger partial charge in [-0.1, -0.05) is 86.8 Å². The Morgan fingerprint density at radius 3 is 2.04 bits per heavy atom. The van der Waals surface area contributed by atoms with Crippen LogP contribution in [0.2, 0.25) is 0 Å². The highest BCUT2D eigenvalue weighted by atomic mass is 19.1. The van der Waals surface area contributed by atoms with Crippen LogP contribution in [0, 0.1) is 5.82 Å². The van der Waals surface area contributed by atoms with E-state index in [2.05, 4.69) is 6.92 Å². The quantitative estimate of drug-likeness (QED) is 0.432. The second-order valence-corrected chi connectivity index (χ2v) is 6.09. The first-order valence-electron chi connectivity index (χ1n) is 8.73. The first kappa shape index (κ1) is 16.5. The van der Waals surface area contributed by atoms with Crippen molar-refractivity contribution in [1.82, 2.24) is 0 Å². The Kier molecular flexibility index (Phi) is 5.47. The van der Waals surface area contributed by atoms with E-state index in [4.69, 9.17) is 4.42 Å². The molecule has 0 fully saturated rings. The lowest BCUT2D eigenvalue weighted by Crippen LogP contribution is -1.88. The number of furan rings is 1. The summed E-state index contributed by atoms with van der Waals surface area (Å²) in [5, 5.41) is 0. The molecule has 0 saturated heterocycles. The van der Waals surface area contributed by atoms with Crippen molar-refractivity contribution in [3.8, 4) is 22.5 Å². The minimum absolute atomic E-state index is 0.252. The van der Waals surface area contributed by atoms with E-state index in [1.807, 2.05) is 60.7 Å². The van der Waals surface area contributed by atoms with Crippen LogP contribution < -0.4 is 0 Å². The van der Waals surface area contributed by atoms with E-state index in [1.165, 1.54) is 12.8 Å². The Balaban J connectivity index is 1.99. The maximum atomic E-state index is 15.1. The molecule has 2 heteroatoms. The lowest BCUT2D eigenvalue weighted by atomic mass is 10.0. The number of benzene rings is 2. The van der Waals surface area contributed by atoms with Gasteiger partial charge < -0.3 is 4.42 Å². The first-order valence-corrected chi connectivity index (χ1v) is 8.73. The molecule has 3 aromatic rings. The average Bonchev–Trinajstić information content (AvgIpc) is 2.96. The van der Waals surface area contributed by atoms with Crippen LogP contribution in [0.3, 0.4) is 0 Å². The first-order chi connectivity index (χ1) is 11.8. The molecule has 1 aromatic heterocycles. The van der Waals surface area contributed by atoms with Crippen LogP contribution in [0.4, 0.5) is 4.39 Å². The Hall–Kier alpha value is -2.35. The molecule has 0 unspecified atom stereocenters. The smallest absolute Gasteiger partial charge is 0.177 e. The lowest BCUT2D eigenvalue weighted by molar-refractivity contribution is 0.496. The van der Waals surface area contributed by atoms with Crippen molar-refractivity contribution < 1.29 is 8.81 Å². The maximum absolute atomic E-state index is 15.1. The van der Waals surface area contributed by atoms with Crippen molar-refractivity contribution in [2.75, 3.05) is 0 Å². The average molecular weight is 322 g/mol. The number of hydrogen-bond acceptors (Lipinski definition) is 1. The molecule has 124 valence electrons. The number of hydrogen-bond donors (Lipinski definition) is 0. The fourth-order valence-electron chi connectivity index (χ4n) is 3.01. The number of halogens is 1. The highest BCUT2D eigenvalue weighted by Crippen LogP contribution is 2.37. The van der Waals surface area contributed by atoms with Gasteiger partial charge in [-0.25, -0.2) is 4.39 Å². The minimum atomic E-state index is -0.252. The molecule has 0 aliphatic rings. The molecule has 0 bridgehead atoms. The Morgan fingerprint density at radius 2 is 1.42 bits per heavy atom. The molecule has 3 rings (SSSR count). The summed E-state index contributed by atoms with van der Waals surface area (Å²) in [7, 11) is 0. The molecule has 0 spiro atoms. The van der Waals surface area contributed by atoms with Crippen LogP contribution in [-0.2, 0) is 6.42 Å². The summed E-state index contributed by atoms with van der Waals surface area (Å²) in [4.78, 5) is 0. The van der Waals surface area contributed by atoms with E-state index < -0.39 is 0 Å². The molecule has 0 N–H and O–H groups in total. The molecule has 1 heterocycles. The van der Waals surface area contributed by atoms with Crippen molar-refractivity contribution in [2.45, 2.75) is 39.0 Å². The summed E-state index contributed by atoms with van der Waals surface area (Å²) in [6.07, 6.45) is 5.33. The van der Waals surface area contributed by atoms with Crippen LogP contribution in [0.1, 0.15) is 38.4 Å². The van der Waals surface area contributed by atoms with Gasteiger partial charge in [-0.15, -0.1) is 0 Å². The van der Waals surface area contributed by atoms with E-state index in [0.717, 1.165) is 36.1 Å². The molecule has 0 amide bonds. The monoisotopic (exact) mass is 322 g/mol. The van der Waals surface area contributed by atoms with Crippen LogP contribution in [0.25, 0.3) is 22.5 Å². The van der Waals surface area contributed by atoms with Gasteiger partial charge in [0.2, 0.25) is 0 Å². The summed E-state index contributed by atoms with van der Waals surface area (Å²) >= 11 is 0. The zero-order valence-electron chi connectivity index (χ0n) is 14.1. The second-order valence-electron chi connectivity index (χ2n) is 6.09. The summed E-state index contributed by atoms with van der Waals surface area (Å²) < 4.78 is 21.1. The predicted octanol–water partition coefficient (Wildman–Crippen LogP) is 6.88. The Morgan fingerprint density at radius 1 is 0.792 bits per heavy atom. The van der Waals surface area contributed by atoms with Gasteiger partial charge in [-0.3, -0.25) is 0 Å². The van der Waals surface area contributed by atoms with Crippen LogP contribution >= 0.6 is 0 Å². The number of rotatable bonds is 7. The van der Waals surface area contributed by atoms with E-state index >= 15 is 4.39 Å². The molecule has 1 nitrogen and oxygen atoms in total. The molecule has 0 aliphatic carbocycles. The van der Waals surface area contributed by atoms with Gasteiger partial charge in [0.05, 0.1) is 5.56 Å². The van der Waals surface area contributed by atoms with Gasteiger partial charge in [0.1, 0.15) is 5.76 Å². The summed E-state index contributed by atoms with van der Waals surface area (Å²) in [5.41, 5.74) is 2.28. The zero-order valence-corrected chi connectivity index (χ0v) is 14.1. The van der Waals surface area contributed by atoms with E-state index in [0.29, 0.717) is 11.3 Å². The molecule has 0 radical (unpaired) electrons. The maximum Gasteiger partial charge on any atom is 0.177 e. The molecule has 0 saturated carbocycles. The molecular weight excluding hydrogens is 299 g/mol. The van der Waals surface area contributed by atoms with Gasteiger partial charge in [0.25, 0.3) is 0 Å². The molecule has 0 aliphatic heterocycles. The second kappa shape index (κ2) is 7.96.